The number of phenolic OH excluding ortho intramolecular Hbond substituents is 1. The minimum Gasteiger partial charge on any atom is -0.508 e. The first-order valence-corrected chi connectivity index (χ1v) is 10.7. The van der Waals surface area contributed by atoms with Crippen molar-refractivity contribution in [1.82, 2.24) is 9.78 Å². The molecule has 0 radical (unpaired) electrons. The van der Waals surface area contributed by atoms with Crippen molar-refractivity contribution in [3.63, 3.8) is 0 Å². The number of carbonyl (C=O) groups excluding carboxylic acids is 1. The van der Waals surface area contributed by atoms with Gasteiger partial charge in [-0.3, -0.25) is 19.4 Å². The van der Waals surface area contributed by atoms with Crippen LogP contribution in [-0.4, -0.2) is 26.5 Å². The van der Waals surface area contributed by atoms with Gasteiger partial charge in [0, 0.05) is 0 Å². The molecule has 7 heteroatoms. The normalized spacial score (nSPS) is 21.6. The Labute approximate surface area is 162 Å². The third kappa shape index (κ3) is 3.78. The molecule has 144 valence electrons. The number of rotatable bonds is 2. The highest BCUT2D eigenvalue weighted by atomic mass is 32.2. The monoisotopic (exact) mass is 387 g/mol. The van der Waals surface area contributed by atoms with Crippen LogP contribution in [0.1, 0.15) is 67.4 Å². The molecule has 1 aliphatic heterocycles. The van der Waals surface area contributed by atoms with Crippen molar-refractivity contribution in [2.24, 2.45) is 0 Å². The van der Waals surface area contributed by atoms with Crippen LogP contribution in [0.5, 0.6) is 5.75 Å². The minimum absolute atomic E-state index is 0.0949. The van der Waals surface area contributed by atoms with Gasteiger partial charge in [0.05, 0.1) is 22.6 Å². The summed E-state index contributed by atoms with van der Waals surface area (Å²) in [5.74, 6) is 0.949. The van der Waals surface area contributed by atoms with Crippen LogP contribution >= 0.6 is 11.8 Å². The number of nitrogens with zero attached hydrogens (tertiary/aromatic N) is 1. The van der Waals surface area contributed by atoms with Crippen molar-refractivity contribution in [2.75, 3.05) is 11.1 Å². The standard InChI is InChI=1S/C20H25N3O3S/c24-15-10-6-7-13(11-15)18-17-19(21-16(25)12-27-18)23(22-20(17)26)14-8-4-2-1-3-5-9-14/h6-7,10-11,14,18,24H,1-5,8-9,12H2,(H,21,25)(H,22,26). The number of benzene rings is 1. The van der Waals surface area contributed by atoms with Crippen LogP contribution in [0.2, 0.25) is 0 Å². The van der Waals surface area contributed by atoms with E-state index in [4.69, 9.17) is 0 Å². The van der Waals surface area contributed by atoms with Crippen molar-refractivity contribution in [1.29, 1.82) is 0 Å². The van der Waals surface area contributed by atoms with E-state index in [1.165, 1.54) is 31.0 Å². The number of nitrogens with one attached hydrogen (secondary N) is 2. The number of aromatic amines is 1. The van der Waals surface area contributed by atoms with E-state index in [9.17, 15) is 14.7 Å². The molecule has 1 aromatic carbocycles. The summed E-state index contributed by atoms with van der Waals surface area (Å²) < 4.78 is 1.91. The van der Waals surface area contributed by atoms with E-state index < -0.39 is 0 Å². The van der Waals surface area contributed by atoms with Crippen LogP contribution in [0.3, 0.4) is 0 Å². The zero-order valence-electron chi connectivity index (χ0n) is 15.2. The van der Waals surface area contributed by atoms with Crippen LogP contribution < -0.4 is 10.9 Å². The number of amides is 1. The molecule has 3 N–H and O–H groups in total. The Bertz CT molecular complexity index is 881. The second kappa shape index (κ2) is 7.84. The molecule has 2 aromatic rings. The maximum atomic E-state index is 12.9. The van der Waals surface area contributed by atoms with E-state index >= 15 is 0 Å². The van der Waals surface area contributed by atoms with E-state index in [1.807, 2.05) is 10.7 Å². The molecule has 1 amide bonds. The van der Waals surface area contributed by atoms with Gasteiger partial charge < -0.3 is 10.4 Å². The molecule has 1 saturated carbocycles. The highest BCUT2D eigenvalue weighted by Crippen LogP contribution is 2.42. The van der Waals surface area contributed by atoms with Crippen molar-refractivity contribution in [2.45, 2.75) is 56.2 Å². The molecule has 0 saturated heterocycles. The molecule has 1 unspecified atom stereocenters. The second-order valence-electron chi connectivity index (χ2n) is 7.41. The first-order valence-electron chi connectivity index (χ1n) is 9.68. The Kier molecular flexibility index (Phi) is 5.29. The first kappa shape index (κ1) is 18.2. The molecule has 2 aliphatic rings. The zero-order chi connectivity index (χ0) is 18.8. The fourth-order valence-electron chi connectivity index (χ4n) is 4.16. The Hall–Kier alpha value is -2.15. The maximum Gasteiger partial charge on any atom is 0.270 e. The van der Waals surface area contributed by atoms with Gasteiger partial charge in [-0.25, -0.2) is 0 Å². The Balaban J connectivity index is 1.78. The third-order valence-electron chi connectivity index (χ3n) is 5.48. The van der Waals surface area contributed by atoms with Crippen molar-refractivity contribution in [3.8, 4) is 5.75 Å². The van der Waals surface area contributed by atoms with Crippen LogP contribution in [0, 0.1) is 0 Å². The second-order valence-corrected chi connectivity index (χ2v) is 8.50. The van der Waals surface area contributed by atoms with Crippen molar-refractivity contribution >= 4 is 23.5 Å². The average molecular weight is 388 g/mol. The Morgan fingerprint density at radius 3 is 2.56 bits per heavy atom. The van der Waals surface area contributed by atoms with E-state index in [-0.39, 0.29) is 34.3 Å². The van der Waals surface area contributed by atoms with E-state index in [0.29, 0.717) is 11.4 Å². The molecule has 1 aliphatic carbocycles. The number of carbonyl (C=O) groups is 1. The molecule has 4 rings (SSSR count). The predicted molar refractivity (Wildman–Crippen MR) is 107 cm³/mol. The summed E-state index contributed by atoms with van der Waals surface area (Å²) in [6, 6.07) is 7.15. The number of anilines is 1. The van der Waals surface area contributed by atoms with Gasteiger partial charge in [-0.15, -0.1) is 11.8 Å². The molecule has 1 atom stereocenters. The fourth-order valence-corrected chi connectivity index (χ4v) is 5.28. The number of aromatic hydroxyl groups is 1. The molecule has 27 heavy (non-hydrogen) atoms. The third-order valence-corrected chi connectivity index (χ3v) is 6.75. The van der Waals surface area contributed by atoms with Gasteiger partial charge in [0.25, 0.3) is 5.56 Å². The smallest absolute Gasteiger partial charge is 0.270 e. The SMILES string of the molecule is O=C1CSC(c2cccc(O)c2)c2c(n(C3CCCCCCC3)[nH]c2=O)N1. The van der Waals surface area contributed by atoms with Crippen LogP contribution in [-0.2, 0) is 4.79 Å². The summed E-state index contributed by atoms with van der Waals surface area (Å²) in [6.07, 6.45) is 8.01. The van der Waals surface area contributed by atoms with Gasteiger partial charge in [-0.05, 0) is 30.5 Å². The van der Waals surface area contributed by atoms with E-state index in [2.05, 4.69) is 10.4 Å². The van der Waals surface area contributed by atoms with Gasteiger partial charge >= 0.3 is 0 Å². The molecule has 0 spiro atoms. The number of thioether (sulfide) groups is 1. The number of fused-ring (bicyclic) bond motifs is 1. The number of aromatic nitrogens is 2. The van der Waals surface area contributed by atoms with Crippen LogP contribution in [0.4, 0.5) is 5.82 Å². The lowest BCUT2D eigenvalue weighted by molar-refractivity contribution is -0.113. The molecule has 2 heterocycles. The fraction of sp³-hybridized carbons (Fsp3) is 0.500. The minimum atomic E-state index is -0.287. The lowest BCUT2D eigenvalue weighted by atomic mass is 9.96. The molecule has 6 nitrogen and oxygen atoms in total. The van der Waals surface area contributed by atoms with Gasteiger partial charge in [0.15, 0.2) is 0 Å². The molecule has 1 aromatic heterocycles. The maximum absolute atomic E-state index is 12.9. The van der Waals surface area contributed by atoms with Gasteiger partial charge in [-0.2, -0.15) is 0 Å². The largest absolute Gasteiger partial charge is 0.508 e. The molecular weight excluding hydrogens is 362 g/mol. The molecule has 1 fully saturated rings. The highest BCUT2D eigenvalue weighted by molar-refractivity contribution is 8.00. The molecule has 0 bridgehead atoms. The van der Waals surface area contributed by atoms with Gasteiger partial charge in [-0.1, -0.05) is 44.2 Å². The first-order chi connectivity index (χ1) is 13.1. The van der Waals surface area contributed by atoms with E-state index in [1.54, 1.807) is 18.2 Å². The lowest BCUT2D eigenvalue weighted by Crippen LogP contribution is -2.20. The van der Waals surface area contributed by atoms with Gasteiger partial charge in [0.1, 0.15) is 11.6 Å². The highest BCUT2D eigenvalue weighted by Gasteiger charge is 2.32. The Morgan fingerprint density at radius 2 is 1.81 bits per heavy atom. The van der Waals surface area contributed by atoms with Gasteiger partial charge in [0.2, 0.25) is 5.91 Å². The topological polar surface area (TPSA) is 87.1 Å². The molecular formula is C20H25N3O3S. The van der Waals surface area contributed by atoms with E-state index in [0.717, 1.165) is 31.2 Å². The number of phenols is 1. The van der Waals surface area contributed by atoms with Crippen molar-refractivity contribution < 1.29 is 9.90 Å². The van der Waals surface area contributed by atoms with Crippen LogP contribution in [0.25, 0.3) is 0 Å². The zero-order valence-corrected chi connectivity index (χ0v) is 16.1. The quantitative estimate of drug-likeness (QED) is 0.728. The average Bonchev–Trinajstić information content (AvgIpc) is 2.81. The van der Waals surface area contributed by atoms with Crippen molar-refractivity contribution in [3.05, 3.63) is 45.7 Å². The summed E-state index contributed by atoms with van der Waals surface area (Å²) in [6.45, 7) is 0. The summed E-state index contributed by atoms with van der Waals surface area (Å²) in [5, 5.41) is 15.6. The Morgan fingerprint density at radius 1 is 1.07 bits per heavy atom. The number of hydrogen-bond acceptors (Lipinski definition) is 4. The predicted octanol–water partition coefficient (Wildman–Crippen LogP) is 3.94. The van der Waals surface area contributed by atoms with Crippen LogP contribution in [0.15, 0.2) is 29.1 Å². The summed E-state index contributed by atoms with van der Waals surface area (Å²) in [7, 11) is 0. The summed E-state index contributed by atoms with van der Waals surface area (Å²) in [5.41, 5.74) is 1.26. The number of H-pyrrole nitrogens is 1. The summed E-state index contributed by atoms with van der Waals surface area (Å²) >= 11 is 1.42. The summed E-state index contributed by atoms with van der Waals surface area (Å²) in [4.78, 5) is 25.3. The number of hydrogen-bond donors (Lipinski definition) is 3. The lowest BCUT2D eigenvalue weighted by Gasteiger charge is -2.23.